The predicted molar refractivity (Wildman–Crippen MR) is 87.7 cm³/mol. The Kier molecular flexibility index (Phi) is 4.42. The molecule has 2 atom stereocenters. The van der Waals surface area contributed by atoms with Crippen LogP contribution in [0.2, 0.25) is 0 Å². The van der Waals surface area contributed by atoms with Crippen molar-refractivity contribution in [1.29, 1.82) is 0 Å². The van der Waals surface area contributed by atoms with Crippen molar-refractivity contribution in [2.45, 2.75) is 31.3 Å². The molecule has 1 aromatic heterocycles. The largest absolute Gasteiger partial charge is 0.481 e. The summed E-state index contributed by atoms with van der Waals surface area (Å²) in [5.74, 6) is -0.769. The SMILES string of the molecule is O=C(O)CC(NC1CCc2cc(Br)ccc21)c1cccs1. The van der Waals surface area contributed by atoms with E-state index in [4.69, 9.17) is 5.11 Å². The second-order valence-electron chi connectivity index (χ2n) is 5.27. The van der Waals surface area contributed by atoms with E-state index in [2.05, 4.69) is 39.4 Å². The lowest BCUT2D eigenvalue weighted by molar-refractivity contribution is -0.137. The Morgan fingerprint density at radius 2 is 2.33 bits per heavy atom. The molecule has 5 heteroatoms. The highest BCUT2D eigenvalue weighted by atomic mass is 79.9. The van der Waals surface area contributed by atoms with E-state index in [0.717, 1.165) is 22.2 Å². The van der Waals surface area contributed by atoms with Gasteiger partial charge in [0.15, 0.2) is 0 Å². The lowest BCUT2D eigenvalue weighted by Crippen LogP contribution is -2.26. The number of hydrogen-bond donors (Lipinski definition) is 2. The van der Waals surface area contributed by atoms with Crippen LogP contribution in [0.25, 0.3) is 0 Å². The molecule has 2 unspecified atom stereocenters. The Morgan fingerprint density at radius 1 is 1.48 bits per heavy atom. The van der Waals surface area contributed by atoms with Crippen LogP contribution < -0.4 is 5.32 Å². The van der Waals surface area contributed by atoms with Gasteiger partial charge in [-0.15, -0.1) is 11.3 Å². The predicted octanol–water partition coefficient (Wildman–Crippen LogP) is 4.30. The molecule has 0 spiro atoms. The molecule has 2 aromatic rings. The normalized spacial score (nSPS) is 18.4. The number of carboxylic acids is 1. The van der Waals surface area contributed by atoms with E-state index in [-0.39, 0.29) is 18.5 Å². The van der Waals surface area contributed by atoms with Gasteiger partial charge in [0.05, 0.1) is 12.5 Å². The number of carbonyl (C=O) groups is 1. The quantitative estimate of drug-likeness (QED) is 0.829. The highest BCUT2D eigenvalue weighted by Gasteiger charge is 2.26. The first-order chi connectivity index (χ1) is 10.1. The third-order valence-corrected chi connectivity index (χ3v) is 5.33. The second kappa shape index (κ2) is 6.30. The topological polar surface area (TPSA) is 49.3 Å². The number of halogens is 1. The fraction of sp³-hybridized carbons (Fsp3) is 0.312. The molecule has 0 bridgehead atoms. The van der Waals surface area contributed by atoms with Crippen LogP contribution in [0.5, 0.6) is 0 Å². The molecule has 110 valence electrons. The molecule has 21 heavy (non-hydrogen) atoms. The van der Waals surface area contributed by atoms with Gasteiger partial charge in [0.25, 0.3) is 0 Å². The van der Waals surface area contributed by atoms with Crippen molar-refractivity contribution in [1.82, 2.24) is 5.32 Å². The first kappa shape index (κ1) is 14.8. The van der Waals surface area contributed by atoms with E-state index >= 15 is 0 Å². The monoisotopic (exact) mass is 365 g/mol. The summed E-state index contributed by atoms with van der Waals surface area (Å²) in [6, 6.07) is 10.4. The number of nitrogens with one attached hydrogen (secondary N) is 1. The minimum Gasteiger partial charge on any atom is -0.481 e. The van der Waals surface area contributed by atoms with Crippen LogP contribution >= 0.6 is 27.3 Å². The molecule has 3 nitrogen and oxygen atoms in total. The molecule has 1 aliphatic rings. The van der Waals surface area contributed by atoms with Crippen molar-refractivity contribution in [3.8, 4) is 0 Å². The van der Waals surface area contributed by atoms with Crippen molar-refractivity contribution in [3.05, 3.63) is 56.2 Å². The number of fused-ring (bicyclic) bond motifs is 1. The van der Waals surface area contributed by atoms with Gasteiger partial charge in [-0.25, -0.2) is 0 Å². The van der Waals surface area contributed by atoms with E-state index in [1.807, 2.05) is 17.5 Å². The zero-order chi connectivity index (χ0) is 14.8. The summed E-state index contributed by atoms with van der Waals surface area (Å²) in [4.78, 5) is 12.2. The second-order valence-corrected chi connectivity index (χ2v) is 7.16. The van der Waals surface area contributed by atoms with Crippen LogP contribution in [0.15, 0.2) is 40.2 Å². The maximum Gasteiger partial charge on any atom is 0.305 e. The molecule has 1 aliphatic carbocycles. The number of rotatable bonds is 5. The summed E-state index contributed by atoms with van der Waals surface area (Å²) in [6.45, 7) is 0. The Labute approximate surface area is 136 Å². The summed E-state index contributed by atoms with van der Waals surface area (Å²) in [5, 5.41) is 14.7. The maximum atomic E-state index is 11.1. The van der Waals surface area contributed by atoms with E-state index in [1.165, 1.54) is 11.1 Å². The highest BCUT2D eigenvalue weighted by Crippen LogP contribution is 2.35. The Morgan fingerprint density at radius 3 is 3.05 bits per heavy atom. The average Bonchev–Trinajstić information content (AvgIpc) is 3.07. The summed E-state index contributed by atoms with van der Waals surface area (Å²) in [7, 11) is 0. The number of thiophene rings is 1. The lowest BCUT2D eigenvalue weighted by Gasteiger charge is -2.21. The molecule has 1 heterocycles. The van der Waals surface area contributed by atoms with Gasteiger partial charge in [0.1, 0.15) is 0 Å². The third kappa shape index (κ3) is 3.36. The van der Waals surface area contributed by atoms with E-state index in [0.29, 0.717) is 0 Å². The Bertz CT molecular complexity index is 642. The number of benzene rings is 1. The first-order valence-electron chi connectivity index (χ1n) is 6.93. The van der Waals surface area contributed by atoms with Gasteiger partial charge in [-0.3, -0.25) is 4.79 Å². The molecule has 2 N–H and O–H groups in total. The van der Waals surface area contributed by atoms with Crippen LogP contribution in [0.3, 0.4) is 0 Å². The zero-order valence-electron chi connectivity index (χ0n) is 11.4. The standard InChI is InChI=1S/C16H16BrNO2S/c17-11-4-5-12-10(8-11)3-6-13(12)18-14(9-16(19)20)15-2-1-7-21-15/h1-2,4-5,7-8,13-14,18H,3,6,9H2,(H,19,20). The number of aryl methyl sites for hydroxylation is 1. The van der Waals surface area contributed by atoms with Crippen molar-refractivity contribution < 1.29 is 9.90 Å². The summed E-state index contributed by atoms with van der Waals surface area (Å²) in [6.07, 6.45) is 2.17. The van der Waals surface area contributed by atoms with Crippen molar-refractivity contribution >= 4 is 33.2 Å². The number of aliphatic carboxylic acids is 1. The van der Waals surface area contributed by atoms with Gasteiger partial charge in [0.2, 0.25) is 0 Å². The van der Waals surface area contributed by atoms with Gasteiger partial charge in [-0.2, -0.15) is 0 Å². The van der Waals surface area contributed by atoms with Crippen molar-refractivity contribution in [3.63, 3.8) is 0 Å². The van der Waals surface area contributed by atoms with Crippen LogP contribution in [0.4, 0.5) is 0 Å². The molecule has 0 fully saturated rings. The van der Waals surface area contributed by atoms with E-state index in [1.54, 1.807) is 11.3 Å². The maximum absolute atomic E-state index is 11.1. The fourth-order valence-corrected chi connectivity index (χ4v) is 4.10. The minimum absolute atomic E-state index is 0.114. The molecule has 0 saturated carbocycles. The van der Waals surface area contributed by atoms with Gasteiger partial charge >= 0.3 is 5.97 Å². The summed E-state index contributed by atoms with van der Waals surface area (Å²) >= 11 is 5.11. The fourth-order valence-electron chi connectivity index (χ4n) is 2.91. The molecule has 0 aliphatic heterocycles. The van der Waals surface area contributed by atoms with Crippen LogP contribution in [-0.4, -0.2) is 11.1 Å². The molecule has 0 saturated heterocycles. The zero-order valence-corrected chi connectivity index (χ0v) is 13.8. The van der Waals surface area contributed by atoms with Crippen LogP contribution in [0.1, 0.15) is 40.9 Å². The summed E-state index contributed by atoms with van der Waals surface area (Å²) in [5.41, 5.74) is 2.65. The van der Waals surface area contributed by atoms with E-state index in [9.17, 15) is 4.79 Å². The van der Waals surface area contributed by atoms with E-state index < -0.39 is 5.97 Å². The average molecular weight is 366 g/mol. The first-order valence-corrected chi connectivity index (χ1v) is 8.60. The Hall–Kier alpha value is -1.17. The van der Waals surface area contributed by atoms with Crippen LogP contribution in [0, 0.1) is 0 Å². The summed E-state index contributed by atoms with van der Waals surface area (Å²) < 4.78 is 1.10. The number of carboxylic acid groups (broad SMARTS) is 1. The smallest absolute Gasteiger partial charge is 0.305 e. The van der Waals surface area contributed by atoms with Crippen LogP contribution in [-0.2, 0) is 11.2 Å². The number of hydrogen-bond acceptors (Lipinski definition) is 3. The van der Waals surface area contributed by atoms with Gasteiger partial charge < -0.3 is 10.4 Å². The highest BCUT2D eigenvalue weighted by molar-refractivity contribution is 9.10. The van der Waals surface area contributed by atoms with Crippen molar-refractivity contribution in [2.75, 3.05) is 0 Å². The molecular weight excluding hydrogens is 350 g/mol. The molecular formula is C16H16BrNO2S. The van der Waals surface area contributed by atoms with Gasteiger partial charge in [-0.1, -0.05) is 28.1 Å². The molecule has 0 amide bonds. The van der Waals surface area contributed by atoms with Gasteiger partial charge in [-0.05, 0) is 47.5 Å². The minimum atomic E-state index is -0.769. The third-order valence-electron chi connectivity index (χ3n) is 3.85. The van der Waals surface area contributed by atoms with Gasteiger partial charge in [0, 0.05) is 15.4 Å². The lowest BCUT2D eigenvalue weighted by atomic mass is 10.1. The molecule has 1 aromatic carbocycles. The van der Waals surface area contributed by atoms with Crippen molar-refractivity contribution in [2.24, 2.45) is 0 Å². The molecule has 3 rings (SSSR count). The Balaban J connectivity index is 1.80. The molecule has 0 radical (unpaired) electrons.